The van der Waals surface area contributed by atoms with Crippen molar-refractivity contribution in [1.82, 2.24) is 4.90 Å². The standard InChI is InChI=1S/C24H32ClNO.C2H2O4/c1-3-26(4-2)17-9-16-24(27)22-14-6-5-10-19(22)11-8-15-23(24)20-12-7-13-21(25)18-20;3-1(4)2(5)6/h5-7,10,12-14,18,23,27H,3-4,8-9,11,15-17H2,1-2H3;(H,3,4)(H,5,6)/t23-,24-;/m0./s1. The van der Waals surface area contributed by atoms with Gasteiger partial charge in [0.25, 0.3) is 0 Å². The van der Waals surface area contributed by atoms with Gasteiger partial charge >= 0.3 is 11.9 Å². The fourth-order valence-corrected chi connectivity index (χ4v) is 4.87. The highest BCUT2D eigenvalue weighted by Gasteiger charge is 2.41. The molecule has 3 rings (SSSR count). The first-order valence-electron chi connectivity index (χ1n) is 11.5. The fourth-order valence-electron chi connectivity index (χ4n) is 4.67. The summed E-state index contributed by atoms with van der Waals surface area (Å²) >= 11 is 6.29. The van der Waals surface area contributed by atoms with Gasteiger partial charge in [-0.05, 0) is 80.6 Å². The van der Waals surface area contributed by atoms with Crippen LogP contribution in [0.2, 0.25) is 5.02 Å². The van der Waals surface area contributed by atoms with Gasteiger partial charge in [0.05, 0.1) is 5.60 Å². The van der Waals surface area contributed by atoms with E-state index in [2.05, 4.69) is 49.1 Å². The number of hydrogen-bond acceptors (Lipinski definition) is 4. The number of aryl methyl sites for hydroxylation is 1. The van der Waals surface area contributed by atoms with E-state index < -0.39 is 17.5 Å². The number of carbonyl (C=O) groups is 2. The lowest BCUT2D eigenvalue weighted by molar-refractivity contribution is -0.159. The van der Waals surface area contributed by atoms with Crippen LogP contribution in [0.4, 0.5) is 0 Å². The monoisotopic (exact) mass is 475 g/mol. The summed E-state index contributed by atoms with van der Waals surface area (Å²) in [5.74, 6) is -3.57. The van der Waals surface area contributed by atoms with E-state index in [-0.39, 0.29) is 5.92 Å². The summed E-state index contributed by atoms with van der Waals surface area (Å²) < 4.78 is 0. The third-order valence-corrected chi connectivity index (χ3v) is 6.59. The number of fused-ring (bicyclic) bond motifs is 1. The number of benzene rings is 2. The topological polar surface area (TPSA) is 98.1 Å². The van der Waals surface area contributed by atoms with E-state index in [1.54, 1.807) is 0 Å². The lowest BCUT2D eigenvalue weighted by Gasteiger charge is -2.37. The van der Waals surface area contributed by atoms with E-state index in [0.29, 0.717) is 0 Å². The number of aliphatic hydroxyl groups is 1. The molecule has 0 saturated carbocycles. The molecule has 0 bridgehead atoms. The van der Waals surface area contributed by atoms with Gasteiger partial charge in [-0.2, -0.15) is 0 Å². The molecule has 33 heavy (non-hydrogen) atoms. The lowest BCUT2D eigenvalue weighted by Crippen LogP contribution is -2.35. The van der Waals surface area contributed by atoms with Crippen molar-refractivity contribution in [2.24, 2.45) is 0 Å². The Balaban J connectivity index is 0.000000569. The molecule has 7 heteroatoms. The first kappa shape index (κ1) is 26.8. The molecule has 0 heterocycles. The van der Waals surface area contributed by atoms with Crippen molar-refractivity contribution in [3.05, 3.63) is 70.2 Å². The van der Waals surface area contributed by atoms with Crippen LogP contribution in [0.1, 0.15) is 62.1 Å². The van der Waals surface area contributed by atoms with E-state index in [4.69, 9.17) is 31.4 Å². The van der Waals surface area contributed by atoms with Crippen LogP contribution in [-0.4, -0.2) is 51.8 Å². The predicted molar refractivity (Wildman–Crippen MR) is 130 cm³/mol. The molecular formula is C26H34ClNO5. The third kappa shape index (κ3) is 7.29. The van der Waals surface area contributed by atoms with Gasteiger partial charge in [-0.1, -0.05) is 61.8 Å². The van der Waals surface area contributed by atoms with Crippen LogP contribution in [0.5, 0.6) is 0 Å². The Morgan fingerprint density at radius 2 is 1.73 bits per heavy atom. The maximum absolute atomic E-state index is 12.1. The Morgan fingerprint density at radius 1 is 1.06 bits per heavy atom. The van der Waals surface area contributed by atoms with E-state index in [1.807, 2.05) is 18.2 Å². The number of carboxylic acids is 2. The van der Waals surface area contributed by atoms with Gasteiger partial charge in [0.15, 0.2) is 0 Å². The molecule has 2 atom stereocenters. The first-order chi connectivity index (χ1) is 15.7. The fraction of sp³-hybridized carbons (Fsp3) is 0.462. The molecule has 0 radical (unpaired) electrons. The molecule has 2 aromatic carbocycles. The minimum absolute atomic E-state index is 0.0801. The van der Waals surface area contributed by atoms with E-state index in [1.165, 1.54) is 5.56 Å². The molecule has 0 fully saturated rings. The van der Waals surface area contributed by atoms with Crippen LogP contribution < -0.4 is 0 Å². The molecule has 0 saturated heterocycles. The predicted octanol–water partition coefficient (Wildman–Crippen LogP) is 4.93. The Hall–Kier alpha value is -2.41. The van der Waals surface area contributed by atoms with Crippen LogP contribution in [0.15, 0.2) is 48.5 Å². The van der Waals surface area contributed by atoms with Crippen LogP contribution in [0.3, 0.4) is 0 Å². The molecule has 180 valence electrons. The molecule has 1 aliphatic rings. The van der Waals surface area contributed by atoms with Gasteiger partial charge < -0.3 is 20.2 Å². The Labute approximate surface area is 200 Å². The van der Waals surface area contributed by atoms with Gasteiger partial charge in [-0.25, -0.2) is 9.59 Å². The second kappa shape index (κ2) is 12.7. The number of halogens is 1. The van der Waals surface area contributed by atoms with Crippen LogP contribution in [0, 0.1) is 0 Å². The van der Waals surface area contributed by atoms with E-state index in [9.17, 15) is 5.11 Å². The van der Waals surface area contributed by atoms with E-state index in [0.717, 1.165) is 67.9 Å². The molecule has 0 spiro atoms. The average Bonchev–Trinajstić information content (AvgIpc) is 2.94. The highest BCUT2D eigenvalue weighted by molar-refractivity contribution is 6.30. The van der Waals surface area contributed by atoms with Crippen LogP contribution >= 0.6 is 11.6 Å². The molecule has 3 N–H and O–H groups in total. The summed E-state index contributed by atoms with van der Waals surface area (Å²) in [5, 5.41) is 27.6. The van der Waals surface area contributed by atoms with Crippen molar-refractivity contribution >= 4 is 23.5 Å². The largest absolute Gasteiger partial charge is 0.473 e. The molecule has 2 aromatic rings. The summed E-state index contributed by atoms with van der Waals surface area (Å²) in [7, 11) is 0. The number of rotatable bonds is 7. The minimum atomic E-state index is -1.82. The van der Waals surface area contributed by atoms with Crippen molar-refractivity contribution in [2.45, 2.75) is 57.5 Å². The van der Waals surface area contributed by atoms with Gasteiger partial charge in [-0.3, -0.25) is 0 Å². The van der Waals surface area contributed by atoms with E-state index >= 15 is 0 Å². The second-order valence-electron chi connectivity index (χ2n) is 8.32. The molecule has 1 aliphatic carbocycles. The highest BCUT2D eigenvalue weighted by Crippen LogP contribution is 2.47. The Bertz CT molecular complexity index is 918. The number of aliphatic carboxylic acids is 2. The van der Waals surface area contributed by atoms with Gasteiger partial charge in [0.1, 0.15) is 0 Å². The van der Waals surface area contributed by atoms with Crippen LogP contribution in [-0.2, 0) is 21.6 Å². The minimum Gasteiger partial charge on any atom is -0.473 e. The van der Waals surface area contributed by atoms with Crippen molar-refractivity contribution in [3.8, 4) is 0 Å². The number of nitrogens with zero attached hydrogens (tertiary/aromatic N) is 1. The Morgan fingerprint density at radius 3 is 2.33 bits per heavy atom. The quantitative estimate of drug-likeness (QED) is 0.388. The zero-order valence-corrected chi connectivity index (χ0v) is 20.1. The lowest BCUT2D eigenvalue weighted by atomic mass is 9.73. The smallest absolute Gasteiger partial charge is 0.414 e. The van der Waals surface area contributed by atoms with Gasteiger partial charge in [0.2, 0.25) is 0 Å². The van der Waals surface area contributed by atoms with Crippen molar-refractivity contribution in [3.63, 3.8) is 0 Å². The summed E-state index contributed by atoms with van der Waals surface area (Å²) in [4.78, 5) is 20.6. The maximum Gasteiger partial charge on any atom is 0.414 e. The molecule has 0 amide bonds. The molecular weight excluding hydrogens is 442 g/mol. The molecule has 0 aliphatic heterocycles. The van der Waals surface area contributed by atoms with Gasteiger partial charge in [-0.15, -0.1) is 0 Å². The summed E-state index contributed by atoms with van der Waals surface area (Å²) in [5.41, 5.74) is 2.73. The number of hydrogen-bond donors (Lipinski definition) is 3. The molecule has 6 nitrogen and oxygen atoms in total. The molecule has 0 aromatic heterocycles. The third-order valence-electron chi connectivity index (χ3n) is 6.36. The van der Waals surface area contributed by atoms with Crippen molar-refractivity contribution in [2.75, 3.05) is 19.6 Å². The second-order valence-corrected chi connectivity index (χ2v) is 8.76. The zero-order chi connectivity index (χ0) is 24.4. The maximum atomic E-state index is 12.1. The van der Waals surface area contributed by atoms with Gasteiger partial charge in [0, 0.05) is 10.9 Å². The number of carboxylic acid groups (broad SMARTS) is 2. The molecule has 0 unspecified atom stereocenters. The SMILES string of the molecule is CCN(CC)CCC[C@]1(O)c2ccccc2CCC[C@H]1c1cccc(Cl)c1.O=C(O)C(=O)O. The normalized spacial score (nSPS) is 19.7. The highest BCUT2D eigenvalue weighted by atomic mass is 35.5. The average molecular weight is 476 g/mol. The summed E-state index contributed by atoms with van der Waals surface area (Å²) in [6.45, 7) is 7.55. The van der Waals surface area contributed by atoms with Crippen LogP contribution in [0.25, 0.3) is 0 Å². The van der Waals surface area contributed by atoms with Crippen molar-refractivity contribution < 1.29 is 24.9 Å². The zero-order valence-electron chi connectivity index (χ0n) is 19.3. The first-order valence-corrected chi connectivity index (χ1v) is 11.9. The Kier molecular flexibility index (Phi) is 10.4. The summed E-state index contributed by atoms with van der Waals surface area (Å²) in [6, 6.07) is 16.6. The summed E-state index contributed by atoms with van der Waals surface area (Å²) in [6.07, 6.45) is 4.87. The van der Waals surface area contributed by atoms with Crippen molar-refractivity contribution in [1.29, 1.82) is 0 Å².